The Morgan fingerprint density at radius 3 is 2.52 bits per heavy atom. The van der Waals surface area contributed by atoms with E-state index in [1.807, 2.05) is 62.4 Å². The third kappa shape index (κ3) is 4.59. The number of amides is 2. The predicted octanol–water partition coefficient (Wildman–Crippen LogP) is 4.16. The van der Waals surface area contributed by atoms with Crippen LogP contribution in [0.2, 0.25) is 0 Å². The number of carbonyl (C=O) groups excluding carboxylic acids is 2. The van der Waals surface area contributed by atoms with Crippen LogP contribution >= 0.6 is 0 Å². The van der Waals surface area contributed by atoms with Crippen molar-refractivity contribution in [2.45, 2.75) is 39.8 Å². The van der Waals surface area contributed by atoms with Gasteiger partial charge in [-0.3, -0.25) is 0 Å². The molecule has 6 nitrogen and oxygen atoms in total. The van der Waals surface area contributed by atoms with Crippen molar-refractivity contribution in [3.8, 4) is 5.75 Å². The van der Waals surface area contributed by atoms with Crippen LogP contribution in [0.1, 0.15) is 43.0 Å². The molecular weight excluding hydrogens is 368 g/mol. The third-order valence-corrected chi connectivity index (χ3v) is 4.88. The number of para-hydroxylation sites is 1. The first-order chi connectivity index (χ1) is 14.0. The first kappa shape index (κ1) is 20.5. The van der Waals surface area contributed by atoms with Crippen molar-refractivity contribution < 1.29 is 19.1 Å². The Kier molecular flexibility index (Phi) is 6.54. The van der Waals surface area contributed by atoms with Crippen molar-refractivity contribution in [1.82, 2.24) is 10.6 Å². The zero-order valence-corrected chi connectivity index (χ0v) is 17.0. The summed E-state index contributed by atoms with van der Waals surface area (Å²) in [4.78, 5) is 24.9. The lowest BCUT2D eigenvalue weighted by Gasteiger charge is -2.30. The fourth-order valence-corrected chi connectivity index (χ4v) is 3.36. The highest BCUT2D eigenvalue weighted by Gasteiger charge is 2.34. The molecule has 0 bridgehead atoms. The quantitative estimate of drug-likeness (QED) is 0.692. The number of ether oxygens (including phenoxy) is 2. The summed E-state index contributed by atoms with van der Waals surface area (Å²) in [6.07, 6.45) is 0.504. The molecule has 0 spiro atoms. The average molecular weight is 394 g/mol. The van der Waals surface area contributed by atoms with E-state index in [1.165, 1.54) is 0 Å². The molecule has 0 saturated heterocycles. The number of aryl methyl sites for hydroxylation is 1. The van der Waals surface area contributed by atoms with E-state index in [2.05, 4.69) is 10.6 Å². The SMILES string of the molecule is CCOC(=O)C1=C(CC)NC(=O)NC1c1ccccc1OCc1ccccc1C. The summed E-state index contributed by atoms with van der Waals surface area (Å²) >= 11 is 0. The summed E-state index contributed by atoms with van der Waals surface area (Å²) in [5.74, 6) is 0.163. The van der Waals surface area contributed by atoms with Gasteiger partial charge in [-0.2, -0.15) is 0 Å². The normalized spacial score (nSPS) is 16.1. The van der Waals surface area contributed by atoms with E-state index in [1.54, 1.807) is 6.92 Å². The van der Waals surface area contributed by atoms with Crippen molar-refractivity contribution in [2.75, 3.05) is 6.61 Å². The number of hydrogen-bond acceptors (Lipinski definition) is 4. The van der Waals surface area contributed by atoms with Crippen molar-refractivity contribution in [3.05, 3.63) is 76.5 Å². The lowest BCUT2D eigenvalue weighted by atomic mass is 9.93. The van der Waals surface area contributed by atoms with Gasteiger partial charge in [0, 0.05) is 11.3 Å². The molecule has 1 aliphatic heterocycles. The molecule has 0 fully saturated rings. The van der Waals surface area contributed by atoms with E-state index in [9.17, 15) is 9.59 Å². The molecule has 2 aromatic rings. The molecule has 1 atom stereocenters. The minimum Gasteiger partial charge on any atom is -0.489 e. The van der Waals surface area contributed by atoms with E-state index < -0.39 is 12.0 Å². The maximum atomic E-state index is 12.7. The Labute approximate surface area is 170 Å². The molecule has 6 heteroatoms. The van der Waals surface area contributed by atoms with Gasteiger partial charge in [-0.05, 0) is 37.5 Å². The van der Waals surface area contributed by atoms with Crippen LogP contribution in [0.15, 0.2) is 59.8 Å². The molecule has 152 valence electrons. The van der Waals surface area contributed by atoms with Crippen molar-refractivity contribution in [3.63, 3.8) is 0 Å². The maximum Gasteiger partial charge on any atom is 0.338 e. The van der Waals surface area contributed by atoms with Crippen LogP contribution in [0.25, 0.3) is 0 Å². The Bertz CT molecular complexity index is 936. The topological polar surface area (TPSA) is 76.7 Å². The summed E-state index contributed by atoms with van der Waals surface area (Å²) in [6, 6.07) is 14.4. The molecule has 3 rings (SSSR count). The second-order valence-electron chi connectivity index (χ2n) is 6.75. The predicted molar refractivity (Wildman–Crippen MR) is 110 cm³/mol. The van der Waals surface area contributed by atoms with Gasteiger partial charge in [0.2, 0.25) is 0 Å². The molecule has 1 heterocycles. The monoisotopic (exact) mass is 394 g/mol. The van der Waals surface area contributed by atoms with Gasteiger partial charge in [0.15, 0.2) is 0 Å². The average Bonchev–Trinajstić information content (AvgIpc) is 2.72. The number of carbonyl (C=O) groups is 2. The fourth-order valence-electron chi connectivity index (χ4n) is 3.36. The number of nitrogens with one attached hydrogen (secondary N) is 2. The summed E-state index contributed by atoms with van der Waals surface area (Å²) in [5.41, 5.74) is 3.89. The summed E-state index contributed by atoms with van der Waals surface area (Å²) in [7, 11) is 0. The molecule has 0 aliphatic carbocycles. The van der Waals surface area contributed by atoms with Crippen LogP contribution in [-0.4, -0.2) is 18.6 Å². The van der Waals surface area contributed by atoms with E-state index in [-0.39, 0.29) is 12.6 Å². The number of benzene rings is 2. The van der Waals surface area contributed by atoms with Gasteiger partial charge < -0.3 is 20.1 Å². The van der Waals surface area contributed by atoms with Gasteiger partial charge in [0.05, 0.1) is 18.2 Å². The lowest BCUT2D eigenvalue weighted by molar-refractivity contribution is -0.139. The van der Waals surface area contributed by atoms with Crippen molar-refractivity contribution in [1.29, 1.82) is 0 Å². The summed E-state index contributed by atoms with van der Waals surface area (Å²) in [6.45, 7) is 6.32. The Morgan fingerprint density at radius 2 is 1.79 bits per heavy atom. The second-order valence-corrected chi connectivity index (χ2v) is 6.75. The molecule has 2 N–H and O–H groups in total. The Morgan fingerprint density at radius 1 is 1.07 bits per heavy atom. The minimum atomic E-state index is -0.647. The number of urea groups is 1. The van der Waals surface area contributed by atoms with Gasteiger partial charge in [-0.15, -0.1) is 0 Å². The van der Waals surface area contributed by atoms with Crippen LogP contribution in [-0.2, 0) is 16.1 Å². The first-order valence-corrected chi connectivity index (χ1v) is 9.79. The van der Waals surface area contributed by atoms with E-state index in [0.29, 0.717) is 35.6 Å². The van der Waals surface area contributed by atoms with Gasteiger partial charge in [0.25, 0.3) is 0 Å². The van der Waals surface area contributed by atoms with Crippen LogP contribution in [0.3, 0.4) is 0 Å². The van der Waals surface area contributed by atoms with E-state index in [0.717, 1.165) is 11.1 Å². The zero-order chi connectivity index (χ0) is 20.8. The molecular formula is C23H26N2O4. The highest BCUT2D eigenvalue weighted by Crippen LogP contribution is 2.34. The van der Waals surface area contributed by atoms with Crippen molar-refractivity contribution in [2.24, 2.45) is 0 Å². The molecule has 2 aromatic carbocycles. The van der Waals surface area contributed by atoms with Crippen LogP contribution in [0, 0.1) is 6.92 Å². The number of rotatable bonds is 7. The van der Waals surface area contributed by atoms with Gasteiger partial charge in [-0.25, -0.2) is 9.59 Å². The Hall–Kier alpha value is -3.28. The van der Waals surface area contributed by atoms with E-state index >= 15 is 0 Å². The highest BCUT2D eigenvalue weighted by atomic mass is 16.5. The summed E-state index contributed by atoms with van der Waals surface area (Å²) in [5, 5.41) is 5.58. The molecule has 0 radical (unpaired) electrons. The zero-order valence-electron chi connectivity index (χ0n) is 17.0. The van der Waals surface area contributed by atoms with E-state index in [4.69, 9.17) is 9.47 Å². The largest absolute Gasteiger partial charge is 0.489 e. The molecule has 1 unspecified atom stereocenters. The van der Waals surface area contributed by atoms with Gasteiger partial charge in [-0.1, -0.05) is 49.4 Å². The lowest BCUT2D eigenvalue weighted by Crippen LogP contribution is -2.46. The molecule has 29 heavy (non-hydrogen) atoms. The summed E-state index contributed by atoms with van der Waals surface area (Å²) < 4.78 is 11.4. The minimum absolute atomic E-state index is 0.255. The Balaban J connectivity index is 1.96. The van der Waals surface area contributed by atoms with Crippen LogP contribution in [0.4, 0.5) is 4.79 Å². The molecule has 0 aromatic heterocycles. The van der Waals surface area contributed by atoms with Gasteiger partial charge in [0.1, 0.15) is 12.4 Å². The maximum absolute atomic E-state index is 12.7. The van der Waals surface area contributed by atoms with Crippen LogP contribution in [0.5, 0.6) is 5.75 Å². The number of esters is 1. The van der Waals surface area contributed by atoms with Crippen LogP contribution < -0.4 is 15.4 Å². The third-order valence-electron chi connectivity index (χ3n) is 4.88. The fraction of sp³-hybridized carbons (Fsp3) is 0.304. The molecule has 1 aliphatic rings. The first-order valence-electron chi connectivity index (χ1n) is 9.79. The molecule has 0 saturated carbocycles. The van der Waals surface area contributed by atoms with Crippen molar-refractivity contribution >= 4 is 12.0 Å². The second kappa shape index (κ2) is 9.28. The standard InChI is InChI=1S/C23H26N2O4/c1-4-18-20(22(26)28-5-2)21(25-23(27)24-18)17-12-8-9-13-19(17)29-14-16-11-7-6-10-15(16)3/h6-13,21H,4-5,14H2,1-3H3,(H2,24,25,27). The molecule has 2 amide bonds. The number of allylic oxidation sites excluding steroid dienone is 1. The van der Waals surface area contributed by atoms with Gasteiger partial charge >= 0.3 is 12.0 Å². The highest BCUT2D eigenvalue weighted by molar-refractivity contribution is 5.95. The number of hydrogen-bond donors (Lipinski definition) is 2. The smallest absolute Gasteiger partial charge is 0.338 e.